The maximum atomic E-state index is 4.06. The molecular weight excluding hydrogens is 180 g/mol. The average Bonchev–Trinajstić information content (AvgIpc) is 2.59. The molecule has 0 saturated heterocycles. The molecule has 2 aliphatic rings. The van der Waals surface area contributed by atoms with Crippen LogP contribution in [0.3, 0.4) is 0 Å². The molecule has 2 fully saturated rings. The van der Waals surface area contributed by atoms with E-state index in [1.807, 2.05) is 0 Å². The van der Waals surface area contributed by atoms with Crippen LogP contribution in [0.1, 0.15) is 32.1 Å². The summed E-state index contributed by atoms with van der Waals surface area (Å²) in [5, 5.41) is 0. The first-order chi connectivity index (χ1) is 7.06. The van der Waals surface area contributed by atoms with Crippen LogP contribution in [0.15, 0.2) is 48.6 Å². The van der Waals surface area contributed by atoms with Crippen LogP contribution in [0.4, 0.5) is 0 Å². The Morgan fingerprint density at radius 2 is 0.933 bits per heavy atom. The molecule has 80 valence electrons. The van der Waals surface area contributed by atoms with Crippen molar-refractivity contribution in [1.82, 2.24) is 0 Å². The molecule has 0 amide bonds. The zero-order chi connectivity index (χ0) is 11.0. The van der Waals surface area contributed by atoms with Crippen molar-refractivity contribution in [2.45, 2.75) is 32.1 Å². The Kier molecular flexibility index (Phi) is 2.68. The van der Waals surface area contributed by atoms with Crippen LogP contribution >= 0.6 is 0 Å². The molecule has 0 bridgehead atoms. The van der Waals surface area contributed by atoms with Gasteiger partial charge in [0.25, 0.3) is 0 Å². The molecule has 0 atom stereocenters. The molecule has 0 unspecified atom stereocenters. The minimum Gasteiger partial charge on any atom is -0.0956 e. The van der Waals surface area contributed by atoms with Gasteiger partial charge in [-0.05, 0) is 43.9 Å². The molecule has 0 aromatic rings. The summed E-state index contributed by atoms with van der Waals surface area (Å²) >= 11 is 0. The molecule has 15 heavy (non-hydrogen) atoms. The zero-order valence-corrected chi connectivity index (χ0v) is 9.52. The molecule has 0 N–H and O–H groups in total. The number of hydrogen-bond acceptors (Lipinski definition) is 0. The molecule has 0 aromatic carbocycles. The van der Waals surface area contributed by atoms with Crippen molar-refractivity contribution in [2.24, 2.45) is 11.8 Å². The van der Waals surface area contributed by atoms with Gasteiger partial charge in [0.2, 0.25) is 0 Å². The fourth-order valence-electron chi connectivity index (χ4n) is 2.92. The van der Waals surface area contributed by atoms with Gasteiger partial charge >= 0.3 is 0 Å². The summed E-state index contributed by atoms with van der Waals surface area (Å²) in [5.74, 6) is 1.57. The highest BCUT2D eigenvalue weighted by atomic mass is 14.3. The summed E-state index contributed by atoms with van der Waals surface area (Å²) in [6, 6.07) is 0. The third-order valence-electron chi connectivity index (χ3n) is 3.81. The quantitative estimate of drug-likeness (QED) is 0.619. The largest absolute Gasteiger partial charge is 0.0956 e. The molecule has 0 spiro atoms. The van der Waals surface area contributed by atoms with E-state index < -0.39 is 0 Å². The van der Waals surface area contributed by atoms with E-state index in [0.717, 1.165) is 37.5 Å². The second kappa shape index (κ2) is 3.84. The van der Waals surface area contributed by atoms with E-state index in [9.17, 15) is 0 Å². The van der Waals surface area contributed by atoms with Gasteiger partial charge in [-0.25, -0.2) is 0 Å². The summed E-state index contributed by atoms with van der Waals surface area (Å²) in [5.41, 5.74) is 5.10. The lowest BCUT2D eigenvalue weighted by Gasteiger charge is -2.13. The Hall–Kier alpha value is -1.04. The van der Waals surface area contributed by atoms with Crippen LogP contribution in [0.2, 0.25) is 0 Å². The van der Waals surface area contributed by atoms with Gasteiger partial charge in [0.05, 0.1) is 0 Å². The minimum absolute atomic E-state index is 0.786. The molecule has 2 aliphatic carbocycles. The van der Waals surface area contributed by atoms with Crippen molar-refractivity contribution in [3.63, 3.8) is 0 Å². The van der Waals surface area contributed by atoms with Crippen molar-refractivity contribution in [2.75, 3.05) is 0 Å². The van der Waals surface area contributed by atoms with Gasteiger partial charge in [0, 0.05) is 0 Å². The molecule has 0 radical (unpaired) electrons. The molecular formula is C15H20. The molecule has 0 nitrogen and oxygen atoms in total. The van der Waals surface area contributed by atoms with Crippen LogP contribution in [0.5, 0.6) is 0 Å². The highest BCUT2D eigenvalue weighted by Crippen LogP contribution is 2.42. The molecule has 0 heteroatoms. The fraction of sp³-hybridized carbons (Fsp3) is 0.467. The summed E-state index contributed by atoms with van der Waals surface area (Å²) < 4.78 is 0. The summed E-state index contributed by atoms with van der Waals surface area (Å²) in [7, 11) is 0. The maximum absolute atomic E-state index is 4.06. The Morgan fingerprint density at radius 1 is 0.667 bits per heavy atom. The van der Waals surface area contributed by atoms with Crippen molar-refractivity contribution >= 4 is 0 Å². The molecule has 0 aliphatic heterocycles. The van der Waals surface area contributed by atoms with Gasteiger partial charge in [-0.3, -0.25) is 0 Å². The van der Waals surface area contributed by atoms with E-state index in [0.29, 0.717) is 0 Å². The van der Waals surface area contributed by atoms with Gasteiger partial charge in [-0.1, -0.05) is 48.6 Å². The van der Waals surface area contributed by atoms with E-state index in [2.05, 4.69) is 26.3 Å². The molecule has 0 heterocycles. The van der Waals surface area contributed by atoms with Crippen LogP contribution in [0, 0.1) is 11.8 Å². The van der Waals surface area contributed by atoms with Gasteiger partial charge in [-0.2, -0.15) is 0 Å². The smallest absolute Gasteiger partial charge is 0.0250 e. The highest BCUT2D eigenvalue weighted by Gasteiger charge is 2.28. The topological polar surface area (TPSA) is 0 Å². The summed E-state index contributed by atoms with van der Waals surface area (Å²) in [4.78, 5) is 0. The standard InChI is InChI=1S/C15H20/c1-10-5-14(6-11(10)2)9-15-7-12(3)13(4)8-15/h14-15H,1-9H2. The van der Waals surface area contributed by atoms with Crippen molar-refractivity contribution < 1.29 is 0 Å². The number of rotatable bonds is 2. The zero-order valence-electron chi connectivity index (χ0n) is 9.52. The predicted octanol–water partition coefficient (Wildman–Crippen LogP) is 4.42. The summed E-state index contributed by atoms with van der Waals surface area (Å²) in [6.45, 7) is 16.2. The van der Waals surface area contributed by atoms with E-state index >= 15 is 0 Å². The third kappa shape index (κ3) is 2.14. The minimum atomic E-state index is 0.786. The third-order valence-corrected chi connectivity index (χ3v) is 3.81. The van der Waals surface area contributed by atoms with E-state index in [1.54, 1.807) is 0 Å². The van der Waals surface area contributed by atoms with Crippen LogP contribution in [-0.2, 0) is 0 Å². The molecule has 0 aromatic heterocycles. The van der Waals surface area contributed by atoms with E-state index in [1.165, 1.54) is 28.7 Å². The highest BCUT2D eigenvalue weighted by molar-refractivity contribution is 5.33. The number of allylic oxidation sites excluding steroid dienone is 4. The van der Waals surface area contributed by atoms with Crippen molar-refractivity contribution in [1.29, 1.82) is 0 Å². The average molecular weight is 200 g/mol. The van der Waals surface area contributed by atoms with Gasteiger partial charge in [0.1, 0.15) is 0 Å². The Balaban J connectivity index is 1.89. The lowest BCUT2D eigenvalue weighted by atomic mass is 9.91. The number of hydrogen-bond donors (Lipinski definition) is 0. The van der Waals surface area contributed by atoms with E-state index in [-0.39, 0.29) is 0 Å². The lowest BCUT2D eigenvalue weighted by molar-refractivity contribution is 0.402. The first kappa shape index (κ1) is 10.5. The maximum Gasteiger partial charge on any atom is -0.0250 e. The van der Waals surface area contributed by atoms with Crippen LogP contribution < -0.4 is 0 Å². The summed E-state index contributed by atoms with van der Waals surface area (Å²) in [6.07, 6.45) is 5.95. The monoisotopic (exact) mass is 200 g/mol. The predicted molar refractivity (Wildman–Crippen MR) is 66.6 cm³/mol. The van der Waals surface area contributed by atoms with Crippen LogP contribution in [0.25, 0.3) is 0 Å². The van der Waals surface area contributed by atoms with Gasteiger partial charge in [-0.15, -0.1) is 0 Å². The van der Waals surface area contributed by atoms with E-state index in [4.69, 9.17) is 0 Å². The van der Waals surface area contributed by atoms with Crippen molar-refractivity contribution in [3.05, 3.63) is 48.6 Å². The van der Waals surface area contributed by atoms with Gasteiger partial charge in [0.15, 0.2) is 0 Å². The first-order valence-corrected chi connectivity index (χ1v) is 5.78. The van der Waals surface area contributed by atoms with Crippen LogP contribution in [-0.4, -0.2) is 0 Å². The molecule has 2 rings (SSSR count). The normalized spacial score (nSPS) is 24.5. The van der Waals surface area contributed by atoms with Gasteiger partial charge < -0.3 is 0 Å². The Morgan fingerprint density at radius 3 is 1.20 bits per heavy atom. The Labute approximate surface area is 93.1 Å². The fourth-order valence-corrected chi connectivity index (χ4v) is 2.92. The first-order valence-electron chi connectivity index (χ1n) is 5.78. The molecule has 2 saturated carbocycles. The lowest BCUT2D eigenvalue weighted by Crippen LogP contribution is -2.02. The second-order valence-corrected chi connectivity index (χ2v) is 5.20. The van der Waals surface area contributed by atoms with Crippen molar-refractivity contribution in [3.8, 4) is 0 Å². The SMILES string of the molecule is C=C1CC(CC2CC(=C)C(=C)C2)CC1=C. The Bertz CT molecular complexity index is 277. The second-order valence-electron chi connectivity index (χ2n) is 5.20.